The third-order valence-electron chi connectivity index (χ3n) is 2.82. The molecule has 0 radical (unpaired) electrons. The lowest BCUT2D eigenvalue weighted by Crippen LogP contribution is -2.48. The summed E-state index contributed by atoms with van der Waals surface area (Å²) in [5, 5.41) is 25.3. The van der Waals surface area contributed by atoms with Gasteiger partial charge in [0.1, 0.15) is 0 Å². The van der Waals surface area contributed by atoms with Crippen molar-refractivity contribution in [3.8, 4) is 0 Å². The number of amides is 1. The summed E-state index contributed by atoms with van der Waals surface area (Å²) in [4.78, 5) is 13.7. The van der Waals surface area contributed by atoms with Crippen LogP contribution in [0.4, 0.5) is 0 Å². The van der Waals surface area contributed by atoms with E-state index in [4.69, 9.17) is 0 Å². The summed E-state index contributed by atoms with van der Waals surface area (Å²) in [6.45, 7) is 4.52. The lowest BCUT2D eigenvalue weighted by Gasteiger charge is -2.29. The summed E-state index contributed by atoms with van der Waals surface area (Å²) in [5.74, 6) is -0.330. The van der Waals surface area contributed by atoms with Crippen LogP contribution in [-0.2, 0) is 0 Å². The molecule has 2 rings (SSSR count). The van der Waals surface area contributed by atoms with Crippen LogP contribution in [0.2, 0.25) is 0 Å². The van der Waals surface area contributed by atoms with Crippen LogP contribution in [-0.4, -0.2) is 76.7 Å². The molecule has 0 spiro atoms. The predicted molar refractivity (Wildman–Crippen MR) is 64.0 cm³/mol. The molecule has 1 aromatic rings. The van der Waals surface area contributed by atoms with E-state index in [1.54, 1.807) is 0 Å². The number of β-amino-alcohol motifs (C(OH)–C–C–N with tert-alkyl or cyclic N) is 1. The minimum Gasteiger partial charge on any atom is -0.390 e. The van der Waals surface area contributed by atoms with Crippen molar-refractivity contribution in [3.05, 3.63) is 11.9 Å². The van der Waals surface area contributed by atoms with Crippen molar-refractivity contribution in [1.29, 1.82) is 0 Å². The monoisotopic (exact) mass is 254 g/mol. The number of hydrogen-bond acceptors (Lipinski definition) is 6. The van der Waals surface area contributed by atoms with Crippen LogP contribution in [0.15, 0.2) is 6.20 Å². The Kier molecular flexibility index (Phi) is 4.62. The van der Waals surface area contributed by atoms with Crippen molar-refractivity contribution >= 4 is 5.91 Å². The van der Waals surface area contributed by atoms with Gasteiger partial charge >= 0.3 is 0 Å². The fourth-order valence-corrected chi connectivity index (χ4v) is 1.87. The van der Waals surface area contributed by atoms with E-state index in [9.17, 15) is 9.90 Å². The van der Waals surface area contributed by atoms with Gasteiger partial charge in [-0.15, -0.1) is 0 Å². The molecular weight excluding hydrogens is 236 g/mol. The highest BCUT2D eigenvalue weighted by atomic mass is 16.3. The van der Waals surface area contributed by atoms with Gasteiger partial charge in [0.25, 0.3) is 5.91 Å². The maximum atomic E-state index is 11.5. The standard InChI is InChI=1S/C10H18N6O2/c17-8(7-16-3-1-11-2-4-16)5-12-10(18)9-6-13-15-14-9/h6,8,11,17H,1-5,7H2,(H,12,18)(H,13,14,15). The molecule has 1 aromatic heterocycles. The first kappa shape index (κ1) is 12.9. The van der Waals surface area contributed by atoms with Gasteiger partial charge in [0.05, 0.1) is 12.3 Å². The van der Waals surface area contributed by atoms with Crippen LogP contribution < -0.4 is 10.6 Å². The lowest BCUT2D eigenvalue weighted by molar-refractivity contribution is 0.0838. The second kappa shape index (κ2) is 6.43. The van der Waals surface area contributed by atoms with Gasteiger partial charge in [0, 0.05) is 39.3 Å². The zero-order chi connectivity index (χ0) is 12.8. The van der Waals surface area contributed by atoms with Gasteiger partial charge in [-0.25, -0.2) is 0 Å². The molecular formula is C10H18N6O2. The van der Waals surface area contributed by atoms with Crippen molar-refractivity contribution in [1.82, 2.24) is 30.9 Å². The molecule has 8 nitrogen and oxygen atoms in total. The fraction of sp³-hybridized carbons (Fsp3) is 0.700. The number of carbonyl (C=O) groups is 1. The van der Waals surface area contributed by atoms with E-state index in [0.29, 0.717) is 6.54 Å². The number of aromatic nitrogens is 3. The van der Waals surface area contributed by atoms with E-state index in [0.717, 1.165) is 26.2 Å². The maximum absolute atomic E-state index is 11.5. The summed E-state index contributed by atoms with van der Waals surface area (Å²) < 4.78 is 0. The van der Waals surface area contributed by atoms with Gasteiger partial charge in [0.15, 0.2) is 5.69 Å². The molecule has 4 N–H and O–H groups in total. The van der Waals surface area contributed by atoms with E-state index >= 15 is 0 Å². The molecule has 0 saturated carbocycles. The number of nitrogens with one attached hydrogen (secondary N) is 3. The van der Waals surface area contributed by atoms with E-state index in [1.807, 2.05) is 0 Å². The summed E-state index contributed by atoms with van der Waals surface area (Å²) >= 11 is 0. The molecule has 0 aromatic carbocycles. The zero-order valence-electron chi connectivity index (χ0n) is 10.1. The van der Waals surface area contributed by atoms with Gasteiger partial charge < -0.3 is 15.7 Å². The molecule has 1 aliphatic heterocycles. The fourth-order valence-electron chi connectivity index (χ4n) is 1.87. The Morgan fingerprint density at radius 1 is 1.56 bits per heavy atom. The van der Waals surface area contributed by atoms with Crippen LogP contribution in [0.5, 0.6) is 0 Å². The molecule has 100 valence electrons. The molecule has 1 atom stereocenters. The van der Waals surface area contributed by atoms with Crippen LogP contribution in [0.1, 0.15) is 10.5 Å². The molecule has 1 amide bonds. The summed E-state index contributed by atoms with van der Waals surface area (Å²) in [7, 11) is 0. The maximum Gasteiger partial charge on any atom is 0.273 e. The predicted octanol–water partition coefficient (Wildman–Crippen LogP) is -2.20. The number of hydrogen-bond donors (Lipinski definition) is 4. The number of aromatic amines is 1. The van der Waals surface area contributed by atoms with Crippen molar-refractivity contribution in [3.63, 3.8) is 0 Å². The lowest BCUT2D eigenvalue weighted by atomic mass is 10.2. The first-order chi connectivity index (χ1) is 8.75. The van der Waals surface area contributed by atoms with Crippen LogP contribution in [0.25, 0.3) is 0 Å². The number of aliphatic hydroxyl groups is 1. The van der Waals surface area contributed by atoms with Gasteiger partial charge in [0.2, 0.25) is 0 Å². The van der Waals surface area contributed by atoms with Crippen LogP contribution >= 0.6 is 0 Å². The van der Waals surface area contributed by atoms with E-state index in [1.165, 1.54) is 6.20 Å². The Labute approximate surface area is 105 Å². The number of piperazine rings is 1. The molecule has 2 heterocycles. The molecule has 1 fully saturated rings. The zero-order valence-corrected chi connectivity index (χ0v) is 10.1. The number of rotatable bonds is 5. The van der Waals surface area contributed by atoms with E-state index < -0.39 is 6.10 Å². The molecule has 18 heavy (non-hydrogen) atoms. The number of nitrogens with zero attached hydrogens (tertiary/aromatic N) is 3. The highest BCUT2D eigenvalue weighted by Crippen LogP contribution is 1.95. The molecule has 0 aliphatic carbocycles. The molecule has 0 bridgehead atoms. The second-order valence-electron chi connectivity index (χ2n) is 4.27. The van der Waals surface area contributed by atoms with Crippen LogP contribution in [0.3, 0.4) is 0 Å². The normalized spacial score (nSPS) is 18.5. The van der Waals surface area contributed by atoms with Gasteiger partial charge in [-0.3, -0.25) is 9.69 Å². The van der Waals surface area contributed by atoms with Gasteiger partial charge in [-0.05, 0) is 0 Å². The first-order valence-electron chi connectivity index (χ1n) is 6.01. The Morgan fingerprint density at radius 2 is 2.33 bits per heavy atom. The van der Waals surface area contributed by atoms with Crippen molar-refractivity contribution in [2.45, 2.75) is 6.10 Å². The molecule has 1 aliphatic rings. The number of carbonyl (C=O) groups excluding carboxylic acids is 1. The van der Waals surface area contributed by atoms with E-state index in [-0.39, 0.29) is 18.1 Å². The third kappa shape index (κ3) is 3.76. The Bertz CT molecular complexity index is 362. The van der Waals surface area contributed by atoms with Crippen molar-refractivity contribution < 1.29 is 9.90 Å². The minimum absolute atomic E-state index is 0.218. The highest BCUT2D eigenvalue weighted by molar-refractivity contribution is 5.91. The highest BCUT2D eigenvalue weighted by Gasteiger charge is 2.15. The second-order valence-corrected chi connectivity index (χ2v) is 4.27. The third-order valence-corrected chi connectivity index (χ3v) is 2.82. The summed E-state index contributed by atoms with van der Waals surface area (Å²) in [6, 6.07) is 0. The first-order valence-corrected chi connectivity index (χ1v) is 6.01. The summed E-state index contributed by atoms with van der Waals surface area (Å²) in [6.07, 6.45) is 0.775. The van der Waals surface area contributed by atoms with Crippen molar-refractivity contribution in [2.24, 2.45) is 0 Å². The number of aliphatic hydroxyl groups excluding tert-OH is 1. The minimum atomic E-state index is -0.570. The van der Waals surface area contributed by atoms with Gasteiger partial charge in [-0.1, -0.05) is 0 Å². The van der Waals surface area contributed by atoms with E-state index in [2.05, 4.69) is 30.9 Å². The Hall–Kier alpha value is -1.51. The average molecular weight is 254 g/mol. The number of H-pyrrole nitrogens is 1. The smallest absolute Gasteiger partial charge is 0.273 e. The molecule has 1 unspecified atom stereocenters. The Balaban J connectivity index is 1.68. The topological polar surface area (TPSA) is 106 Å². The molecule has 1 saturated heterocycles. The average Bonchev–Trinajstić information content (AvgIpc) is 2.91. The quantitative estimate of drug-likeness (QED) is 0.475. The largest absolute Gasteiger partial charge is 0.390 e. The Morgan fingerprint density at radius 3 is 3.00 bits per heavy atom. The SMILES string of the molecule is O=C(NCC(O)CN1CCNCC1)c1cn[nH]n1. The van der Waals surface area contributed by atoms with Crippen LogP contribution in [0, 0.1) is 0 Å². The summed E-state index contributed by atoms with van der Waals surface area (Å²) in [5.41, 5.74) is 0.226. The van der Waals surface area contributed by atoms with Gasteiger partial charge in [-0.2, -0.15) is 15.4 Å². The van der Waals surface area contributed by atoms with Crippen molar-refractivity contribution in [2.75, 3.05) is 39.3 Å². The molecule has 8 heteroatoms.